The number of nitrogens with two attached hydrogens (primary N) is 1. The van der Waals surface area contributed by atoms with Gasteiger partial charge in [-0.15, -0.1) is 11.8 Å². The molecular weight excluding hydrogens is 279 g/mol. The lowest BCUT2D eigenvalue weighted by Gasteiger charge is -2.35. The highest BCUT2D eigenvalue weighted by Crippen LogP contribution is 2.30. The zero-order valence-electron chi connectivity index (χ0n) is 11.3. The second-order valence-electron chi connectivity index (χ2n) is 4.82. The molecule has 1 aliphatic heterocycles. The van der Waals surface area contributed by atoms with Crippen LogP contribution in [0.1, 0.15) is 24.1 Å². The molecule has 1 aromatic rings. The van der Waals surface area contributed by atoms with Crippen LogP contribution in [0.3, 0.4) is 0 Å². The van der Waals surface area contributed by atoms with Crippen LogP contribution >= 0.6 is 11.8 Å². The van der Waals surface area contributed by atoms with Gasteiger partial charge < -0.3 is 10.6 Å². The van der Waals surface area contributed by atoms with Crippen LogP contribution in [-0.4, -0.2) is 34.8 Å². The largest absolute Gasteiger partial charge is 0.369 e. The first-order valence-corrected chi connectivity index (χ1v) is 7.58. The highest BCUT2D eigenvalue weighted by molar-refractivity contribution is 8.00. The topological polar surface area (TPSA) is 63.4 Å². The number of rotatable bonds is 4. The minimum Gasteiger partial charge on any atom is -0.369 e. The summed E-state index contributed by atoms with van der Waals surface area (Å²) in [7, 11) is 0. The number of amides is 2. The van der Waals surface area contributed by atoms with Gasteiger partial charge in [0, 0.05) is 6.54 Å². The number of hydrogen-bond donors (Lipinski definition) is 1. The Labute approximate surface area is 121 Å². The van der Waals surface area contributed by atoms with Gasteiger partial charge in [-0.3, -0.25) is 9.59 Å². The standard InChI is InChI=1S/C14H17FN2O2S/c1-9-12-6-11(15)3-2-10(12)4-5-17(9)14(19)8-20-7-13(16)18/h2-3,6,9H,4-5,7-8H2,1H3,(H2,16,18)/t9-/m1/s1. The number of primary amides is 1. The number of halogens is 1. The predicted octanol–water partition coefficient (Wildman–Crippen LogP) is 1.49. The second-order valence-corrected chi connectivity index (χ2v) is 5.80. The molecule has 20 heavy (non-hydrogen) atoms. The van der Waals surface area contributed by atoms with Crippen LogP contribution in [0.25, 0.3) is 0 Å². The summed E-state index contributed by atoms with van der Waals surface area (Å²) in [6.45, 7) is 2.52. The first-order chi connectivity index (χ1) is 9.49. The Morgan fingerprint density at radius 1 is 1.45 bits per heavy atom. The highest BCUT2D eigenvalue weighted by atomic mass is 32.2. The van der Waals surface area contributed by atoms with Crippen LogP contribution in [-0.2, 0) is 16.0 Å². The van der Waals surface area contributed by atoms with Gasteiger partial charge in [0.1, 0.15) is 5.82 Å². The molecule has 2 rings (SSSR count). The van der Waals surface area contributed by atoms with Crippen LogP contribution in [0.2, 0.25) is 0 Å². The van der Waals surface area contributed by atoms with E-state index in [1.165, 1.54) is 23.9 Å². The molecule has 0 aliphatic carbocycles. The maximum Gasteiger partial charge on any atom is 0.233 e. The van der Waals surface area contributed by atoms with Crippen molar-refractivity contribution in [3.63, 3.8) is 0 Å². The molecule has 0 unspecified atom stereocenters. The van der Waals surface area contributed by atoms with E-state index in [-0.39, 0.29) is 29.3 Å². The van der Waals surface area contributed by atoms with Crippen LogP contribution in [0.5, 0.6) is 0 Å². The number of benzene rings is 1. The lowest BCUT2D eigenvalue weighted by atomic mass is 9.93. The van der Waals surface area contributed by atoms with E-state index in [1.807, 2.05) is 6.92 Å². The summed E-state index contributed by atoms with van der Waals surface area (Å²) in [5, 5.41) is 0. The first kappa shape index (κ1) is 14.8. The Balaban J connectivity index is 2.04. The van der Waals surface area contributed by atoms with Crippen molar-refractivity contribution in [2.45, 2.75) is 19.4 Å². The Bertz CT molecular complexity index is 536. The van der Waals surface area contributed by atoms with Crippen LogP contribution in [0.15, 0.2) is 18.2 Å². The SMILES string of the molecule is C[C@@H]1c2cc(F)ccc2CCN1C(=O)CSCC(N)=O. The third-order valence-corrected chi connectivity index (χ3v) is 4.38. The quantitative estimate of drug-likeness (QED) is 0.915. The average Bonchev–Trinajstić information content (AvgIpc) is 2.39. The molecule has 0 aromatic heterocycles. The van der Waals surface area contributed by atoms with Crippen molar-refractivity contribution >= 4 is 23.6 Å². The van der Waals surface area contributed by atoms with E-state index in [0.29, 0.717) is 6.54 Å². The average molecular weight is 296 g/mol. The van der Waals surface area contributed by atoms with Gasteiger partial charge in [0.2, 0.25) is 11.8 Å². The molecule has 0 fully saturated rings. The fourth-order valence-corrected chi connectivity index (χ4v) is 3.09. The van der Waals surface area contributed by atoms with E-state index in [1.54, 1.807) is 11.0 Å². The van der Waals surface area contributed by atoms with E-state index in [4.69, 9.17) is 5.73 Å². The van der Waals surface area contributed by atoms with Crippen molar-refractivity contribution in [3.05, 3.63) is 35.1 Å². The van der Waals surface area contributed by atoms with Gasteiger partial charge >= 0.3 is 0 Å². The third kappa shape index (κ3) is 3.30. The Morgan fingerprint density at radius 3 is 2.90 bits per heavy atom. The number of carbonyl (C=O) groups excluding carboxylic acids is 2. The molecule has 2 N–H and O–H groups in total. The molecule has 0 bridgehead atoms. The normalized spacial score (nSPS) is 17.7. The number of fused-ring (bicyclic) bond motifs is 1. The Morgan fingerprint density at radius 2 is 2.20 bits per heavy atom. The first-order valence-electron chi connectivity index (χ1n) is 6.43. The lowest BCUT2D eigenvalue weighted by molar-refractivity contribution is -0.130. The van der Waals surface area contributed by atoms with Crippen molar-refractivity contribution in [2.24, 2.45) is 5.73 Å². The summed E-state index contributed by atoms with van der Waals surface area (Å²) in [6, 6.07) is 4.59. The maximum absolute atomic E-state index is 13.3. The molecule has 6 heteroatoms. The van der Waals surface area contributed by atoms with E-state index < -0.39 is 5.91 Å². The van der Waals surface area contributed by atoms with Crippen LogP contribution in [0, 0.1) is 5.82 Å². The molecule has 2 amide bonds. The molecule has 0 spiro atoms. The summed E-state index contributed by atoms with van der Waals surface area (Å²) in [5.41, 5.74) is 6.99. The van der Waals surface area contributed by atoms with E-state index in [2.05, 4.69) is 0 Å². The molecule has 4 nitrogen and oxygen atoms in total. The summed E-state index contributed by atoms with van der Waals surface area (Å²) < 4.78 is 13.3. The zero-order valence-corrected chi connectivity index (χ0v) is 12.1. The van der Waals surface area contributed by atoms with Crippen molar-refractivity contribution in [3.8, 4) is 0 Å². The third-order valence-electron chi connectivity index (χ3n) is 3.44. The van der Waals surface area contributed by atoms with E-state index in [9.17, 15) is 14.0 Å². The predicted molar refractivity (Wildman–Crippen MR) is 76.8 cm³/mol. The maximum atomic E-state index is 13.3. The van der Waals surface area contributed by atoms with E-state index in [0.717, 1.165) is 17.5 Å². The molecule has 0 saturated heterocycles. The molecule has 1 aromatic carbocycles. The minimum absolute atomic E-state index is 0.0429. The van der Waals surface area contributed by atoms with Gasteiger partial charge in [0.25, 0.3) is 0 Å². The smallest absolute Gasteiger partial charge is 0.233 e. The molecule has 0 radical (unpaired) electrons. The number of thioether (sulfide) groups is 1. The minimum atomic E-state index is -0.429. The van der Waals surface area contributed by atoms with E-state index >= 15 is 0 Å². The van der Waals surface area contributed by atoms with Crippen molar-refractivity contribution in [2.75, 3.05) is 18.1 Å². The molecule has 1 heterocycles. The monoisotopic (exact) mass is 296 g/mol. The molecule has 1 aliphatic rings. The highest BCUT2D eigenvalue weighted by Gasteiger charge is 2.27. The second kappa shape index (κ2) is 6.26. The van der Waals surface area contributed by atoms with Gasteiger partial charge in [-0.05, 0) is 36.6 Å². The fraction of sp³-hybridized carbons (Fsp3) is 0.429. The summed E-state index contributed by atoms with van der Waals surface area (Å²) in [4.78, 5) is 24.5. The fourth-order valence-electron chi connectivity index (χ4n) is 2.45. The van der Waals surface area contributed by atoms with Crippen LogP contribution in [0.4, 0.5) is 4.39 Å². The van der Waals surface area contributed by atoms with Crippen molar-refractivity contribution in [1.82, 2.24) is 4.90 Å². The van der Waals surface area contributed by atoms with Crippen molar-refractivity contribution in [1.29, 1.82) is 0 Å². The zero-order chi connectivity index (χ0) is 14.7. The number of nitrogens with zero attached hydrogens (tertiary/aromatic N) is 1. The Kier molecular flexibility index (Phi) is 4.65. The molecule has 108 valence electrons. The Hall–Kier alpha value is -1.56. The number of hydrogen-bond acceptors (Lipinski definition) is 3. The van der Waals surface area contributed by atoms with Gasteiger partial charge in [-0.1, -0.05) is 6.07 Å². The molecular formula is C14H17FN2O2S. The summed E-state index contributed by atoms with van der Waals surface area (Å²) >= 11 is 1.21. The number of carbonyl (C=O) groups is 2. The van der Waals surface area contributed by atoms with Crippen molar-refractivity contribution < 1.29 is 14.0 Å². The molecule has 1 atom stereocenters. The van der Waals surface area contributed by atoms with Gasteiger partial charge in [0.15, 0.2) is 0 Å². The van der Waals surface area contributed by atoms with Gasteiger partial charge in [-0.25, -0.2) is 4.39 Å². The lowest BCUT2D eigenvalue weighted by Crippen LogP contribution is -2.40. The van der Waals surface area contributed by atoms with Gasteiger partial charge in [-0.2, -0.15) is 0 Å². The summed E-state index contributed by atoms with van der Waals surface area (Å²) in [5.74, 6) is -0.398. The molecule has 0 saturated carbocycles. The van der Waals surface area contributed by atoms with Gasteiger partial charge in [0.05, 0.1) is 17.5 Å². The summed E-state index contributed by atoms with van der Waals surface area (Å²) in [6.07, 6.45) is 0.728. The van der Waals surface area contributed by atoms with Crippen LogP contribution < -0.4 is 5.73 Å².